The molecule has 3 rings (SSSR count). The molecule has 1 atom stereocenters. The lowest BCUT2D eigenvalue weighted by atomic mass is 10.2. The number of halogens is 2. The van der Waals surface area contributed by atoms with Crippen molar-refractivity contribution in [2.24, 2.45) is 0 Å². The molecule has 0 saturated heterocycles. The number of nitro groups is 1. The van der Waals surface area contributed by atoms with Gasteiger partial charge >= 0.3 is 5.69 Å². The third-order valence-corrected chi connectivity index (χ3v) is 4.44. The Morgan fingerprint density at radius 2 is 2.14 bits per heavy atom. The van der Waals surface area contributed by atoms with Crippen molar-refractivity contribution < 1.29 is 14.1 Å². The van der Waals surface area contributed by atoms with Gasteiger partial charge in [0.2, 0.25) is 5.91 Å². The highest BCUT2D eigenvalue weighted by molar-refractivity contribution is 6.31. The Balaban J connectivity index is 1.71. The number of carbonyl (C=O) groups excluding carboxylic acids is 1. The maximum atomic E-state index is 13.9. The number of amides is 1. The summed E-state index contributed by atoms with van der Waals surface area (Å²) >= 11 is 6.01. The van der Waals surface area contributed by atoms with Gasteiger partial charge in [0.25, 0.3) is 0 Å². The molecule has 2 aromatic heterocycles. The van der Waals surface area contributed by atoms with Crippen molar-refractivity contribution in [2.45, 2.75) is 25.9 Å². The molecule has 146 valence electrons. The van der Waals surface area contributed by atoms with Crippen molar-refractivity contribution in [2.75, 3.05) is 5.32 Å². The summed E-state index contributed by atoms with van der Waals surface area (Å²) in [5, 5.41) is 21.7. The maximum absolute atomic E-state index is 13.9. The van der Waals surface area contributed by atoms with Crippen LogP contribution >= 0.6 is 11.6 Å². The molecule has 2 heterocycles. The van der Waals surface area contributed by atoms with E-state index in [0.717, 1.165) is 6.20 Å². The minimum atomic E-state index is -0.724. The van der Waals surface area contributed by atoms with Crippen LogP contribution in [-0.4, -0.2) is 30.4 Å². The summed E-state index contributed by atoms with van der Waals surface area (Å²) in [6.45, 7) is 1.87. The predicted octanol–water partition coefficient (Wildman–Crippen LogP) is 3.42. The van der Waals surface area contributed by atoms with E-state index in [-0.39, 0.29) is 17.3 Å². The number of nitrogens with zero attached hydrogens (tertiary/aromatic N) is 5. The highest BCUT2D eigenvalue weighted by atomic mass is 35.5. The van der Waals surface area contributed by atoms with Gasteiger partial charge in [0.15, 0.2) is 0 Å². The molecule has 0 radical (unpaired) electrons. The molecule has 0 aliphatic heterocycles. The number of anilines is 1. The Morgan fingerprint density at radius 1 is 1.36 bits per heavy atom. The highest BCUT2D eigenvalue weighted by Gasteiger charge is 2.22. The Labute approximate surface area is 163 Å². The number of hydrogen-bond acceptors (Lipinski definition) is 5. The van der Waals surface area contributed by atoms with Gasteiger partial charge in [-0.05, 0) is 18.6 Å². The molecule has 0 fully saturated rings. The minimum absolute atomic E-state index is 0.101. The van der Waals surface area contributed by atoms with Crippen LogP contribution in [0.1, 0.15) is 24.9 Å². The van der Waals surface area contributed by atoms with E-state index in [1.807, 2.05) is 0 Å². The molecule has 0 bridgehead atoms. The van der Waals surface area contributed by atoms with Crippen LogP contribution in [-0.2, 0) is 11.3 Å². The standard InChI is InChI=1S/C17H16ClFN6O3/c1-2-16(24-9-12(7-21-24)25(27)28)17(26)22-11-6-20-23(8-11)10-13-14(18)4-3-5-15(13)19/h3-9,16H,2,10H2,1H3,(H,22,26). The largest absolute Gasteiger partial charge is 0.322 e. The summed E-state index contributed by atoms with van der Waals surface area (Å²) in [7, 11) is 0. The third-order valence-electron chi connectivity index (χ3n) is 4.09. The third kappa shape index (κ3) is 4.17. The first-order chi connectivity index (χ1) is 13.4. The highest BCUT2D eigenvalue weighted by Crippen LogP contribution is 2.21. The van der Waals surface area contributed by atoms with Gasteiger partial charge in [0.05, 0.1) is 23.4 Å². The Morgan fingerprint density at radius 3 is 2.79 bits per heavy atom. The average Bonchev–Trinajstić information content (AvgIpc) is 3.29. The first-order valence-electron chi connectivity index (χ1n) is 8.33. The van der Waals surface area contributed by atoms with E-state index in [2.05, 4.69) is 15.5 Å². The molecule has 0 aliphatic carbocycles. The molecule has 0 spiro atoms. The zero-order chi connectivity index (χ0) is 20.3. The first-order valence-corrected chi connectivity index (χ1v) is 8.71. The quantitative estimate of drug-likeness (QED) is 0.477. The van der Waals surface area contributed by atoms with Gasteiger partial charge in [0.1, 0.15) is 24.3 Å². The van der Waals surface area contributed by atoms with Crippen molar-refractivity contribution >= 4 is 28.9 Å². The van der Waals surface area contributed by atoms with E-state index in [1.165, 1.54) is 33.9 Å². The molecule has 3 aromatic rings. The molecule has 11 heteroatoms. The second-order valence-electron chi connectivity index (χ2n) is 5.98. The predicted molar refractivity (Wildman–Crippen MR) is 99.6 cm³/mol. The molecular weight excluding hydrogens is 391 g/mol. The molecule has 1 unspecified atom stereocenters. The number of aromatic nitrogens is 4. The summed E-state index contributed by atoms with van der Waals surface area (Å²) < 4.78 is 16.6. The summed E-state index contributed by atoms with van der Waals surface area (Å²) in [6.07, 6.45) is 5.64. The Bertz CT molecular complexity index is 998. The van der Waals surface area contributed by atoms with Crippen molar-refractivity contribution in [1.82, 2.24) is 19.6 Å². The summed E-state index contributed by atoms with van der Waals surface area (Å²) in [5.41, 5.74) is 0.499. The van der Waals surface area contributed by atoms with Gasteiger partial charge in [-0.15, -0.1) is 0 Å². The molecule has 1 amide bonds. The smallest absolute Gasteiger partial charge is 0.307 e. The van der Waals surface area contributed by atoms with Crippen molar-refractivity contribution in [3.63, 3.8) is 0 Å². The zero-order valence-corrected chi connectivity index (χ0v) is 15.5. The van der Waals surface area contributed by atoms with E-state index >= 15 is 0 Å². The van der Waals surface area contributed by atoms with Crippen LogP contribution in [0.4, 0.5) is 15.8 Å². The summed E-state index contributed by atoms with van der Waals surface area (Å²) in [6, 6.07) is 3.68. The lowest BCUT2D eigenvalue weighted by molar-refractivity contribution is -0.385. The van der Waals surface area contributed by atoms with Gasteiger partial charge in [-0.3, -0.25) is 24.3 Å². The van der Waals surface area contributed by atoms with Crippen molar-refractivity contribution in [3.8, 4) is 0 Å². The van der Waals surface area contributed by atoms with Crippen LogP contribution in [0, 0.1) is 15.9 Å². The Kier molecular flexibility index (Phi) is 5.69. The fraction of sp³-hybridized carbons (Fsp3) is 0.235. The maximum Gasteiger partial charge on any atom is 0.307 e. The van der Waals surface area contributed by atoms with Crippen LogP contribution in [0.2, 0.25) is 5.02 Å². The van der Waals surface area contributed by atoms with Gasteiger partial charge in [-0.25, -0.2) is 4.39 Å². The minimum Gasteiger partial charge on any atom is -0.322 e. The number of benzene rings is 1. The van der Waals surface area contributed by atoms with Crippen molar-refractivity contribution in [1.29, 1.82) is 0 Å². The van der Waals surface area contributed by atoms with E-state index in [9.17, 15) is 19.3 Å². The monoisotopic (exact) mass is 406 g/mol. The first kappa shape index (κ1) is 19.5. The van der Waals surface area contributed by atoms with Gasteiger partial charge in [0, 0.05) is 16.8 Å². The molecule has 1 N–H and O–H groups in total. The molecule has 0 aliphatic rings. The zero-order valence-electron chi connectivity index (χ0n) is 14.7. The van der Waals surface area contributed by atoms with Crippen LogP contribution in [0.15, 0.2) is 43.0 Å². The van der Waals surface area contributed by atoms with Crippen LogP contribution in [0.3, 0.4) is 0 Å². The van der Waals surface area contributed by atoms with Crippen LogP contribution in [0.25, 0.3) is 0 Å². The summed E-state index contributed by atoms with van der Waals surface area (Å²) in [4.78, 5) is 22.8. The summed E-state index contributed by atoms with van der Waals surface area (Å²) in [5.74, 6) is -0.844. The molecule has 9 nitrogen and oxygen atoms in total. The molecule has 1 aromatic carbocycles. The van der Waals surface area contributed by atoms with Crippen molar-refractivity contribution in [3.05, 3.63) is 69.5 Å². The van der Waals surface area contributed by atoms with Gasteiger partial charge in [-0.2, -0.15) is 10.2 Å². The second kappa shape index (κ2) is 8.17. The lowest BCUT2D eigenvalue weighted by Gasteiger charge is -2.14. The Hall–Kier alpha value is -3.27. The SMILES string of the molecule is CCC(C(=O)Nc1cnn(Cc2c(F)cccc2Cl)c1)n1cc([N+](=O)[O-])cn1. The fourth-order valence-electron chi connectivity index (χ4n) is 2.67. The number of hydrogen-bond donors (Lipinski definition) is 1. The van der Waals surface area contributed by atoms with E-state index in [1.54, 1.807) is 19.2 Å². The average molecular weight is 407 g/mol. The van der Waals surface area contributed by atoms with Crippen LogP contribution < -0.4 is 5.32 Å². The molecular formula is C17H16ClFN6O3. The van der Waals surface area contributed by atoms with Crippen LogP contribution in [0.5, 0.6) is 0 Å². The molecule has 28 heavy (non-hydrogen) atoms. The van der Waals surface area contributed by atoms with E-state index in [0.29, 0.717) is 17.7 Å². The second-order valence-corrected chi connectivity index (χ2v) is 6.38. The van der Waals surface area contributed by atoms with E-state index in [4.69, 9.17) is 11.6 Å². The van der Waals surface area contributed by atoms with Gasteiger partial charge in [-0.1, -0.05) is 24.6 Å². The van der Waals surface area contributed by atoms with Gasteiger partial charge < -0.3 is 5.32 Å². The number of nitrogens with one attached hydrogen (secondary N) is 1. The fourth-order valence-corrected chi connectivity index (χ4v) is 2.89. The number of carbonyl (C=O) groups is 1. The van der Waals surface area contributed by atoms with E-state index < -0.39 is 22.7 Å². The molecule has 0 saturated carbocycles. The lowest BCUT2D eigenvalue weighted by Crippen LogP contribution is -2.25. The normalized spacial score (nSPS) is 12.0. The topological polar surface area (TPSA) is 108 Å². The number of rotatable bonds is 7.